The highest BCUT2D eigenvalue weighted by Gasteiger charge is 2.70. The predicted molar refractivity (Wildman–Crippen MR) is 135 cm³/mol. The summed E-state index contributed by atoms with van der Waals surface area (Å²) in [6.07, 6.45) is 22.8. The van der Waals surface area contributed by atoms with E-state index >= 15 is 0 Å². The fourth-order valence-corrected chi connectivity index (χ4v) is 9.25. The van der Waals surface area contributed by atoms with Crippen molar-refractivity contribution in [3.63, 3.8) is 0 Å². The van der Waals surface area contributed by atoms with E-state index < -0.39 is 16.7 Å². The van der Waals surface area contributed by atoms with Crippen molar-refractivity contribution in [3.05, 3.63) is 0 Å². The lowest BCUT2D eigenvalue weighted by atomic mass is 9.41. The molecule has 4 rings (SSSR count). The first-order chi connectivity index (χ1) is 15.2. The van der Waals surface area contributed by atoms with Crippen LogP contribution in [0.15, 0.2) is 0 Å². The molecule has 4 heteroatoms. The van der Waals surface area contributed by atoms with Gasteiger partial charge in [0.2, 0.25) is 0 Å². The molecular formula is C28H54N4. The highest BCUT2D eigenvalue weighted by Crippen LogP contribution is 2.64. The molecule has 8 N–H and O–H groups in total. The van der Waals surface area contributed by atoms with Gasteiger partial charge < -0.3 is 22.9 Å². The highest BCUT2D eigenvalue weighted by molar-refractivity contribution is 5.22. The van der Waals surface area contributed by atoms with Crippen molar-refractivity contribution in [1.29, 1.82) is 0 Å². The molecule has 1 unspecified atom stereocenters. The van der Waals surface area contributed by atoms with E-state index in [0.29, 0.717) is 23.7 Å². The maximum atomic E-state index is 7.53. The predicted octanol–water partition coefficient (Wildman–Crippen LogP) is 5.77. The molecule has 32 heavy (non-hydrogen) atoms. The van der Waals surface area contributed by atoms with Gasteiger partial charge in [-0.1, -0.05) is 104 Å². The fourth-order valence-electron chi connectivity index (χ4n) is 9.25. The fraction of sp³-hybridized carbons (Fsp3) is 1.00. The normalized spacial score (nSPS) is 33.5. The van der Waals surface area contributed by atoms with Gasteiger partial charge in [-0.3, -0.25) is 0 Å². The molecule has 0 heterocycles. The summed E-state index contributed by atoms with van der Waals surface area (Å²) in [5, 5.41) is 0. The first-order valence-corrected chi connectivity index (χ1v) is 14.3. The van der Waals surface area contributed by atoms with Crippen LogP contribution in [-0.4, -0.2) is 11.3 Å². The average Bonchev–Trinajstić information content (AvgIpc) is 2.79. The van der Waals surface area contributed by atoms with Crippen molar-refractivity contribution < 1.29 is 0 Å². The minimum Gasteiger partial charge on any atom is -0.313 e. The first-order valence-electron chi connectivity index (χ1n) is 14.3. The quantitative estimate of drug-likeness (QED) is 0.402. The van der Waals surface area contributed by atoms with E-state index in [4.69, 9.17) is 22.9 Å². The Balaban J connectivity index is 1.87. The Morgan fingerprint density at radius 1 is 0.625 bits per heavy atom. The lowest BCUT2D eigenvalue weighted by Gasteiger charge is -2.69. The molecule has 0 aliphatic heterocycles. The van der Waals surface area contributed by atoms with Crippen molar-refractivity contribution in [2.75, 3.05) is 0 Å². The molecule has 1 atom stereocenters. The van der Waals surface area contributed by atoms with Crippen molar-refractivity contribution in [2.45, 2.75) is 141 Å². The summed E-state index contributed by atoms with van der Waals surface area (Å²) in [7, 11) is 0. The minimum absolute atomic E-state index is 0.161. The van der Waals surface area contributed by atoms with Crippen molar-refractivity contribution in [1.82, 2.24) is 0 Å². The zero-order valence-electron chi connectivity index (χ0n) is 21.3. The molecule has 0 spiro atoms. The van der Waals surface area contributed by atoms with E-state index in [1.54, 1.807) is 0 Å². The van der Waals surface area contributed by atoms with Crippen LogP contribution in [0.5, 0.6) is 0 Å². The largest absolute Gasteiger partial charge is 0.313 e. The Labute approximate surface area is 198 Å². The van der Waals surface area contributed by atoms with Gasteiger partial charge in [0, 0.05) is 5.41 Å². The molecule has 0 saturated heterocycles. The van der Waals surface area contributed by atoms with E-state index in [-0.39, 0.29) is 5.41 Å². The molecule has 4 saturated carbocycles. The van der Waals surface area contributed by atoms with Gasteiger partial charge in [-0.25, -0.2) is 0 Å². The summed E-state index contributed by atoms with van der Waals surface area (Å²) in [6.45, 7) is 4.60. The zero-order chi connectivity index (χ0) is 23.0. The third-order valence-electron chi connectivity index (χ3n) is 11.2. The third-order valence-corrected chi connectivity index (χ3v) is 11.2. The third kappa shape index (κ3) is 3.99. The summed E-state index contributed by atoms with van der Waals surface area (Å²) in [5.41, 5.74) is 27.8. The maximum Gasteiger partial charge on any atom is 0.0780 e. The van der Waals surface area contributed by atoms with Gasteiger partial charge in [0.05, 0.1) is 11.3 Å². The second-order valence-electron chi connectivity index (χ2n) is 13.2. The number of hydrogen-bond acceptors (Lipinski definition) is 4. The van der Waals surface area contributed by atoms with E-state index in [1.807, 2.05) is 0 Å². The molecule has 4 nitrogen and oxygen atoms in total. The number of nitrogens with two attached hydrogens (primary N) is 4. The summed E-state index contributed by atoms with van der Waals surface area (Å²) in [4.78, 5) is 0. The van der Waals surface area contributed by atoms with E-state index in [9.17, 15) is 0 Å². The average molecular weight is 447 g/mol. The lowest BCUT2D eigenvalue weighted by molar-refractivity contribution is -0.177. The van der Waals surface area contributed by atoms with Crippen LogP contribution in [0.1, 0.15) is 129 Å². The summed E-state index contributed by atoms with van der Waals surface area (Å²) in [6, 6.07) is 0. The number of rotatable bonds is 5. The van der Waals surface area contributed by atoms with E-state index in [2.05, 4.69) is 13.8 Å². The Morgan fingerprint density at radius 2 is 1.06 bits per heavy atom. The number of hydrogen-bond donors (Lipinski definition) is 4. The van der Waals surface area contributed by atoms with Crippen molar-refractivity contribution in [2.24, 2.45) is 57.4 Å². The van der Waals surface area contributed by atoms with Gasteiger partial charge in [-0.15, -0.1) is 0 Å². The van der Waals surface area contributed by atoms with Gasteiger partial charge in [0.15, 0.2) is 0 Å². The molecule has 4 aliphatic carbocycles. The van der Waals surface area contributed by atoms with Gasteiger partial charge in [0.25, 0.3) is 0 Å². The van der Waals surface area contributed by atoms with E-state index in [1.165, 1.54) is 83.5 Å². The van der Waals surface area contributed by atoms with Gasteiger partial charge in [0.1, 0.15) is 0 Å². The van der Waals surface area contributed by atoms with Crippen LogP contribution in [0.3, 0.4) is 0 Å². The molecule has 4 fully saturated rings. The van der Waals surface area contributed by atoms with Crippen LogP contribution in [-0.2, 0) is 0 Å². The smallest absolute Gasteiger partial charge is 0.0780 e. The molecule has 186 valence electrons. The maximum absolute atomic E-state index is 7.53. The van der Waals surface area contributed by atoms with Crippen LogP contribution in [0.25, 0.3) is 0 Å². The Morgan fingerprint density at radius 3 is 1.53 bits per heavy atom. The molecule has 0 amide bonds. The second-order valence-corrected chi connectivity index (χ2v) is 13.2. The topological polar surface area (TPSA) is 104 Å². The standard InChI is InChI=1S/C28H54N4/c1-25(2)19-12-20-26(28(25,31)32,27(29,30)23-17-10-5-11-18-23)24(21-13-6-3-7-14-21)22-15-8-4-9-16-22/h21-24H,3-20,29-32H2,1-2H3. The van der Waals surface area contributed by atoms with Crippen LogP contribution < -0.4 is 22.9 Å². The van der Waals surface area contributed by atoms with Crippen molar-refractivity contribution >= 4 is 0 Å². The Kier molecular flexibility index (Phi) is 7.39. The minimum atomic E-state index is -0.848. The monoisotopic (exact) mass is 446 g/mol. The Hall–Kier alpha value is -0.160. The van der Waals surface area contributed by atoms with Crippen LogP contribution in [0.4, 0.5) is 0 Å². The molecule has 0 aromatic rings. The summed E-state index contributed by atoms with van der Waals surface area (Å²) < 4.78 is 0. The molecule has 4 aliphatic rings. The van der Waals surface area contributed by atoms with Gasteiger partial charge >= 0.3 is 0 Å². The highest BCUT2D eigenvalue weighted by atomic mass is 15.1. The zero-order valence-corrected chi connectivity index (χ0v) is 21.3. The van der Waals surface area contributed by atoms with Gasteiger partial charge in [-0.2, -0.15) is 0 Å². The SMILES string of the molecule is CC1(C)CCCC(C(C2CCCCC2)C2CCCCC2)(C(N)(N)C2CCCCC2)C1(N)N. The molecule has 0 bridgehead atoms. The van der Waals surface area contributed by atoms with Crippen LogP contribution in [0.2, 0.25) is 0 Å². The van der Waals surface area contributed by atoms with Gasteiger partial charge in [-0.05, 0) is 54.8 Å². The molecule has 0 radical (unpaired) electrons. The lowest BCUT2D eigenvalue weighted by Crippen LogP contribution is -2.86. The second kappa shape index (κ2) is 9.47. The molecule has 0 aromatic carbocycles. The van der Waals surface area contributed by atoms with Crippen molar-refractivity contribution in [3.8, 4) is 0 Å². The summed E-state index contributed by atoms with van der Waals surface area (Å²) >= 11 is 0. The Bertz CT molecular complexity index is 591. The molecular weight excluding hydrogens is 392 g/mol. The van der Waals surface area contributed by atoms with E-state index in [0.717, 1.165) is 32.1 Å². The van der Waals surface area contributed by atoms with Crippen LogP contribution in [0, 0.1) is 34.5 Å². The van der Waals surface area contributed by atoms with Crippen LogP contribution >= 0.6 is 0 Å². The molecule has 0 aromatic heterocycles. The summed E-state index contributed by atoms with van der Waals surface area (Å²) in [5.74, 6) is 2.17. The first kappa shape index (κ1) is 24.9.